The van der Waals surface area contributed by atoms with E-state index in [1.54, 1.807) is 48.5 Å². The first-order valence-electron chi connectivity index (χ1n) is 8.93. The monoisotopic (exact) mass is 368 g/mol. The molecule has 0 spiro atoms. The predicted octanol–water partition coefficient (Wildman–Crippen LogP) is 4.17. The van der Waals surface area contributed by atoms with Crippen LogP contribution in [0.1, 0.15) is 33.9 Å². The lowest BCUT2D eigenvalue weighted by atomic mass is 10.0. The van der Waals surface area contributed by atoms with Gasteiger partial charge >= 0.3 is 0 Å². The van der Waals surface area contributed by atoms with Crippen molar-refractivity contribution < 1.29 is 9.59 Å². The Hall–Kier alpha value is -3.84. The predicted molar refractivity (Wildman–Crippen MR) is 111 cm³/mol. The van der Waals surface area contributed by atoms with E-state index in [1.165, 1.54) is 0 Å². The largest absolute Gasteiger partial charge is 0.345 e. The quantitative estimate of drug-likeness (QED) is 0.642. The zero-order chi connectivity index (χ0) is 19.8. The summed E-state index contributed by atoms with van der Waals surface area (Å²) in [5.41, 5.74) is 2.72. The standard InChI is InChI=1S/C24H20N2O2/c1-2-18-10-9-15-21(16-18)25-23(27)17-22(19-11-5-3-6-12-19)26-24(28)20-13-7-4-8-14-20/h1,3-16,22H,17H2,(H,25,27)(H,26,28). The molecule has 4 nitrogen and oxygen atoms in total. The van der Waals surface area contributed by atoms with Crippen LogP contribution in [-0.2, 0) is 4.79 Å². The van der Waals surface area contributed by atoms with Gasteiger partial charge in [0.05, 0.1) is 12.5 Å². The van der Waals surface area contributed by atoms with Crippen molar-refractivity contribution in [3.05, 3.63) is 102 Å². The number of carbonyl (C=O) groups is 2. The maximum Gasteiger partial charge on any atom is 0.251 e. The second-order valence-electron chi connectivity index (χ2n) is 6.28. The zero-order valence-electron chi connectivity index (χ0n) is 15.3. The number of hydrogen-bond acceptors (Lipinski definition) is 2. The first-order chi connectivity index (χ1) is 13.7. The topological polar surface area (TPSA) is 58.2 Å². The molecule has 0 radical (unpaired) electrons. The van der Waals surface area contributed by atoms with Gasteiger partial charge in [0.1, 0.15) is 0 Å². The average molecular weight is 368 g/mol. The third-order valence-corrected chi connectivity index (χ3v) is 4.25. The zero-order valence-corrected chi connectivity index (χ0v) is 15.3. The molecule has 0 saturated carbocycles. The highest BCUT2D eigenvalue weighted by atomic mass is 16.2. The van der Waals surface area contributed by atoms with Gasteiger partial charge in [0.2, 0.25) is 5.91 Å². The maximum absolute atomic E-state index is 12.6. The Morgan fingerprint density at radius 2 is 1.57 bits per heavy atom. The van der Waals surface area contributed by atoms with Gasteiger partial charge in [-0.15, -0.1) is 6.42 Å². The normalized spacial score (nSPS) is 11.1. The van der Waals surface area contributed by atoms with E-state index in [1.807, 2.05) is 36.4 Å². The van der Waals surface area contributed by atoms with Crippen molar-refractivity contribution in [2.45, 2.75) is 12.5 Å². The lowest BCUT2D eigenvalue weighted by Crippen LogP contribution is -2.31. The smallest absolute Gasteiger partial charge is 0.251 e. The molecule has 0 aromatic heterocycles. The number of carbonyl (C=O) groups excluding carboxylic acids is 2. The van der Waals surface area contributed by atoms with E-state index in [0.717, 1.165) is 5.56 Å². The summed E-state index contributed by atoms with van der Waals surface area (Å²) >= 11 is 0. The summed E-state index contributed by atoms with van der Waals surface area (Å²) in [4.78, 5) is 25.2. The molecule has 1 atom stereocenters. The van der Waals surface area contributed by atoms with E-state index >= 15 is 0 Å². The van der Waals surface area contributed by atoms with E-state index in [4.69, 9.17) is 6.42 Å². The Balaban J connectivity index is 1.74. The maximum atomic E-state index is 12.6. The molecular formula is C24H20N2O2. The van der Waals surface area contributed by atoms with Gasteiger partial charge in [-0.3, -0.25) is 9.59 Å². The Morgan fingerprint density at radius 1 is 0.893 bits per heavy atom. The van der Waals surface area contributed by atoms with Crippen molar-refractivity contribution in [2.75, 3.05) is 5.32 Å². The molecule has 3 aromatic rings. The Bertz CT molecular complexity index is 992. The van der Waals surface area contributed by atoms with Crippen LogP contribution in [0.15, 0.2) is 84.9 Å². The minimum atomic E-state index is -0.454. The fourth-order valence-electron chi connectivity index (χ4n) is 2.85. The molecule has 3 aromatic carbocycles. The molecule has 1 unspecified atom stereocenters. The summed E-state index contributed by atoms with van der Waals surface area (Å²) in [5.74, 6) is 2.11. The lowest BCUT2D eigenvalue weighted by molar-refractivity contribution is -0.116. The van der Waals surface area contributed by atoms with Crippen LogP contribution in [0.5, 0.6) is 0 Å². The molecule has 0 aliphatic heterocycles. The molecule has 0 aliphatic rings. The summed E-state index contributed by atoms with van der Waals surface area (Å²) in [5, 5.41) is 5.80. The molecule has 2 amide bonds. The summed E-state index contributed by atoms with van der Waals surface area (Å²) in [6.45, 7) is 0. The highest BCUT2D eigenvalue weighted by Gasteiger charge is 2.19. The van der Waals surface area contributed by atoms with Gasteiger partial charge in [0, 0.05) is 16.8 Å². The van der Waals surface area contributed by atoms with E-state index in [0.29, 0.717) is 16.8 Å². The molecule has 138 valence electrons. The minimum absolute atomic E-state index is 0.100. The number of rotatable bonds is 6. The first-order valence-corrected chi connectivity index (χ1v) is 8.93. The number of benzene rings is 3. The van der Waals surface area contributed by atoms with Crippen molar-refractivity contribution in [3.63, 3.8) is 0 Å². The molecule has 2 N–H and O–H groups in total. The Labute approximate surface area is 164 Å². The average Bonchev–Trinajstić information content (AvgIpc) is 2.74. The number of nitrogens with one attached hydrogen (secondary N) is 2. The van der Waals surface area contributed by atoms with Gasteiger partial charge in [-0.1, -0.05) is 60.5 Å². The molecule has 0 bridgehead atoms. The third-order valence-electron chi connectivity index (χ3n) is 4.25. The fourth-order valence-corrected chi connectivity index (χ4v) is 2.85. The van der Waals surface area contributed by atoms with Gasteiger partial charge in [-0.25, -0.2) is 0 Å². The van der Waals surface area contributed by atoms with Crippen LogP contribution >= 0.6 is 0 Å². The third kappa shape index (κ3) is 5.09. The van der Waals surface area contributed by atoms with E-state index in [2.05, 4.69) is 16.6 Å². The second-order valence-corrected chi connectivity index (χ2v) is 6.28. The van der Waals surface area contributed by atoms with E-state index < -0.39 is 6.04 Å². The fraction of sp³-hybridized carbons (Fsp3) is 0.0833. The highest BCUT2D eigenvalue weighted by Crippen LogP contribution is 2.19. The van der Waals surface area contributed by atoms with Crippen molar-refractivity contribution in [1.29, 1.82) is 0 Å². The molecule has 0 aliphatic carbocycles. The van der Waals surface area contributed by atoms with Gasteiger partial charge in [0.25, 0.3) is 5.91 Å². The summed E-state index contributed by atoms with van der Waals surface area (Å²) in [7, 11) is 0. The number of anilines is 1. The molecule has 4 heteroatoms. The molecule has 3 rings (SSSR count). The first kappa shape index (κ1) is 18.9. The van der Waals surface area contributed by atoms with Crippen LogP contribution in [0.25, 0.3) is 0 Å². The molecule has 0 heterocycles. The molecular weight excluding hydrogens is 348 g/mol. The molecule has 0 fully saturated rings. The lowest BCUT2D eigenvalue weighted by Gasteiger charge is -2.19. The second kappa shape index (κ2) is 9.20. The van der Waals surface area contributed by atoms with E-state index in [9.17, 15) is 9.59 Å². The number of hydrogen-bond donors (Lipinski definition) is 2. The van der Waals surface area contributed by atoms with E-state index in [-0.39, 0.29) is 18.2 Å². The summed E-state index contributed by atoms with van der Waals surface area (Å²) < 4.78 is 0. The van der Waals surface area contributed by atoms with Crippen LogP contribution in [0.3, 0.4) is 0 Å². The Morgan fingerprint density at radius 3 is 2.25 bits per heavy atom. The van der Waals surface area contributed by atoms with Crippen molar-refractivity contribution >= 4 is 17.5 Å². The van der Waals surface area contributed by atoms with Gasteiger partial charge in [-0.05, 0) is 35.9 Å². The van der Waals surface area contributed by atoms with Crippen molar-refractivity contribution in [1.82, 2.24) is 5.32 Å². The SMILES string of the molecule is C#Cc1cccc(NC(=O)CC(NC(=O)c2ccccc2)c2ccccc2)c1. The van der Waals surface area contributed by atoms with Crippen LogP contribution in [0.4, 0.5) is 5.69 Å². The van der Waals surface area contributed by atoms with Crippen molar-refractivity contribution in [2.24, 2.45) is 0 Å². The Kier molecular flexibility index (Phi) is 6.22. The van der Waals surface area contributed by atoms with Crippen LogP contribution in [-0.4, -0.2) is 11.8 Å². The summed E-state index contributed by atoms with van der Waals surface area (Å²) in [6.07, 6.45) is 5.51. The van der Waals surface area contributed by atoms with Crippen LogP contribution < -0.4 is 10.6 Å². The van der Waals surface area contributed by atoms with Crippen LogP contribution in [0, 0.1) is 12.3 Å². The van der Waals surface area contributed by atoms with Gasteiger partial charge < -0.3 is 10.6 Å². The minimum Gasteiger partial charge on any atom is -0.345 e. The number of terminal acetylenes is 1. The molecule has 28 heavy (non-hydrogen) atoms. The highest BCUT2D eigenvalue weighted by molar-refractivity contribution is 5.95. The van der Waals surface area contributed by atoms with Crippen LogP contribution in [0.2, 0.25) is 0 Å². The molecule has 0 saturated heterocycles. The van der Waals surface area contributed by atoms with Gasteiger partial charge in [0.15, 0.2) is 0 Å². The number of amides is 2. The van der Waals surface area contributed by atoms with Crippen molar-refractivity contribution in [3.8, 4) is 12.3 Å². The van der Waals surface area contributed by atoms with Gasteiger partial charge in [-0.2, -0.15) is 0 Å². The summed E-state index contributed by atoms with van der Waals surface area (Å²) in [6, 6.07) is 25.0.